The maximum absolute atomic E-state index is 12.0. The highest BCUT2D eigenvalue weighted by Crippen LogP contribution is 2.34. The lowest BCUT2D eigenvalue weighted by molar-refractivity contribution is -0.153. The first-order valence-corrected chi connectivity index (χ1v) is 20.7. The monoisotopic (exact) mass is 691 g/mol. The molecule has 0 aromatic carbocycles. The molecule has 0 spiro atoms. The summed E-state index contributed by atoms with van der Waals surface area (Å²) >= 11 is 0. The van der Waals surface area contributed by atoms with E-state index in [2.05, 4.69) is 13.2 Å². The van der Waals surface area contributed by atoms with Crippen molar-refractivity contribution >= 4 is 11.9 Å². The smallest absolute Gasteiger partial charge is 0.333 e. The highest BCUT2D eigenvalue weighted by Gasteiger charge is 2.32. The summed E-state index contributed by atoms with van der Waals surface area (Å²) in [4.78, 5) is 23.6. The molecular weight excluding hydrogens is 612 g/mol. The summed E-state index contributed by atoms with van der Waals surface area (Å²) in [7, 11) is 0. The second-order valence-electron chi connectivity index (χ2n) is 15.4. The molecule has 1 N–H and O–H groups in total. The molecule has 1 unspecified atom stereocenters. The van der Waals surface area contributed by atoms with Crippen LogP contribution in [0.25, 0.3) is 0 Å². The van der Waals surface area contributed by atoms with Crippen molar-refractivity contribution in [3.05, 3.63) is 24.3 Å². The molecule has 0 saturated heterocycles. The molecule has 286 valence electrons. The number of carbonyl (C=O) groups excluding carboxylic acids is 2. The molecule has 0 bridgehead atoms. The van der Waals surface area contributed by atoms with Crippen LogP contribution in [-0.4, -0.2) is 49.6 Å². The molecule has 0 radical (unpaired) electrons. The van der Waals surface area contributed by atoms with E-state index in [0.29, 0.717) is 12.2 Å². The molecule has 0 heterocycles. The van der Waals surface area contributed by atoms with E-state index in [0.717, 1.165) is 38.5 Å². The summed E-state index contributed by atoms with van der Waals surface area (Å²) in [6.07, 6.45) is 39.2. The van der Waals surface area contributed by atoms with Gasteiger partial charge in [0, 0.05) is 16.6 Å². The third kappa shape index (κ3) is 25.9. The van der Waals surface area contributed by atoms with Crippen molar-refractivity contribution in [2.75, 3.05) is 26.4 Å². The number of aliphatic hydroxyl groups is 1. The zero-order valence-corrected chi connectivity index (χ0v) is 32.3. The van der Waals surface area contributed by atoms with Gasteiger partial charge >= 0.3 is 11.9 Å². The summed E-state index contributed by atoms with van der Waals surface area (Å²) in [6.45, 7) is 10.8. The number of aliphatic hydroxyl groups excluding tert-OH is 1. The molecule has 3 saturated carbocycles. The number of rotatable bonds is 10. The molecule has 6 nitrogen and oxygen atoms in total. The average Bonchev–Trinajstić information content (AvgIpc) is 3.11. The highest BCUT2D eigenvalue weighted by molar-refractivity contribution is 5.87. The van der Waals surface area contributed by atoms with E-state index in [9.17, 15) is 14.7 Å². The Kier molecular flexibility index (Phi) is 28.8. The minimum Gasteiger partial charge on any atom is -0.462 e. The molecule has 0 aliphatic heterocycles. The Morgan fingerprint density at radius 1 is 0.531 bits per heavy atom. The number of hydrogen-bond donors (Lipinski definition) is 1. The lowest BCUT2D eigenvalue weighted by Crippen LogP contribution is -2.36. The van der Waals surface area contributed by atoms with Gasteiger partial charge in [0.1, 0.15) is 6.10 Å². The molecule has 3 fully saturated rings. The fourth-order valence-electron chi connectivity index (χ4n) is 7.00. The fraction of sp³-hybridized carbons (Fsp3) is 0.860. The Balaban J connectivity index is 0.000000481. The van der Waals surface area contributed by atoms with Crippen LogP contribution in [0.5, 0.6) is 0 Å². The van der Waals surface area contributed by atoms with Gasteiger partial charge in [0.05, 0.1) is 26.4 Å². The molecular formula is C43H78O6. The van der Waals surface area contributed by atoms with Gasteiger partial charge in [-0.25, -0.2) is 9.59 Å². The van der Waals surface area contributed by atoms with Crippen LogP contribution < -0.4 is 0 Å². The molecule has 6 heteroatoms. The molecule has 0 aromatic rings. The van der Waals surface area contributed by atoms with E-state index in [1.165, 1.54) is 148 Å². The third-order valence-electron chi connectivity index (χ3n) is 10.3. The maximum Gasteiger partial charge on any atom is 0.333 e. The molecule has 1 atom stereocenters. The topological polar surface area (TPSA) is 82.1 Å². The van der Waals surface area contributed by atoms with Crippen molar-refractivity contribution in [3.8, 4) is 0 Å². The number of esters is 2. The molecule has 3 aliphatic carbocycles. The second-order valence-corrected chi connectivity index (χ2v) is 15.4. The zero-order chi connectivity index (χ0) is 35.8. The normalized spacial score (nSPS) is 20.6. The van der Waals surface area contributed by atoms with E-state index < -0.39 is 12.1 Å². The predicted molar refractivity (Wildman–Crippen MR) is 205 cm³/mol. The van der Waals surface area contributed by atoms with E-state index in [4.69, 9.17) is 14.2 Å². The van der Waals surface area contributed by atoms with Gasteiger partial charge in [0.25, 0.3) is 0 Å². The largest absolute Gasteiger partial charge is 0.462 e. The SMILES string of the molecule is C1CCCCCCCCC1.C1CCCCCCCCC1.C=C(C)C(=O)OCC1(COCC(CO)OC(=O)C(=C)C)CCCCCCCCC1. The molecule has 0 amide bonds. The number of hydrogen-bond acceptors (Lipinski definition) is 6. The van der Waals surface area contributed by atoms with E-state index in [-0.39, 0.29) is 36.8 Å². The molecule has 0 aromatic heterocycles. The summed E-state index contributed by atoms with van der Waals surface area (Å²) in [5, 5.41) is 9.48. The van der Waals surface area contributed by atoms with Gasteiger partial charge in [-0.1, -0.05) is 187 Å². The van der Waals surface area contributed by atoms with Crippen molar-refractivity contribution in [1.82, 2.24) is 0 Å². The van der Waals surface area contributed by atoms with Gasteiger partial charge in [-0.3, -0.25) is 0 Å². The first-order valence-electron chi connectivity index (χ1n) is 20.7. The van der Waals surface area contributed by atoms with Crippen molar-refractivity contribution in [2.45, 2.75) is 206 Å². The Bertz CT molecular complexity index is 755. The van der Waals surface area contributed by atoms with Crippen molar-refractivity contribution in [3.63, 3.8) is 0 Å². The quantitative estimate of drug-likeness (QED) is 0.181. The first kappa shape index (κ1) is 45.4. The molecule has 3 aliphatic rings. The van der Waals surface area contributed by atoms with Crippen LogP contribution >= 0.6 is 0 Å². The second kappa shape index (κ2) is 31.1. The molecule has 3 rings (SSSR count). The van der Waals surface area contributed by atoms with Crippen LogP contribution in [0.15, 0.2) is 24.3 Å². The molecule has 49 heavy (non-hydrogen) atoms. The minimum atomic E-state index is -0.742. The van der Waals surface area contributed by atoms with Gasteiger partial charge in [0.2, 0.25) is 0 Å². The number of ether oxygens (including phenoxy) is 3. The maximum atomic E-state index is 12.0. The van der Waals surface area contributed by atoms with Gasteiger partial charge in [-0.05, 0) is 26.7 Å². The Morgan fingerprint density at radius 2 is 0.837 bits per heavy atom. The van der Waals surface area contributed by atoms with E-state index in [1.54, 1.807) is 13.8 Å². The summed E-state index contributed by atoms with van der Waals surface area (Å²) in [5.74, 6) is -0.929. The summed E-state index contributed by atoms with van der Waals surface area (Å²) in [6, 6.07) is 0. The number of carbonyl (C=O) groups is 2. The van der Waals surface area contributed by atoms with E-state index >= 15 is 0 Å². The lowest BCUT2D eigenvalue weighted by atomic mass is 9.78. The van der Waals surface area contributed by atoms with Gasteiger partial charge in [-0.15, -0.1) is 0 Å². The van der Waals surface area contributed by atoms with Crippen LogP contribution in [0.3, 0.4) is 0 Å². The lowest BCUT2D eigenvalue weighted by Gasteiger charge is -2.34. The van der Waals surface area contributed by atoms with Crippen LogP contribution in [0.1, 0.15) is 200 Å². The van der Waals surface area contributed by atoms with Crippen LogP contribution in [0.2, 0.25) is 0 Å². The Morgan fingerprint density at radius 3 is 1.12 bits per heavy atom. The van der Waals surface area contributed by atoms with Gasteiger partial charge < -0.3 is 19.3 Å². The Hall–Kier alpha value is -1.66. The summed E-state index contributed by atoms with van der Waals surface area (Å²) < 4.78 is 16.6. The Labute approximate surface area is 302 Å². The fourth-order valence-corrected chi connectivity index (χ4v) is 7.00. The van der Waals surface area contributed by atoms with Gasteiger partial charge in [-0.2, -0.15) is 0 Å². The van der Waals surface area contributed by atoms with Crippen molar-refractivity contribution in [1.29, 1.82) is 0 Å². The third-order valence-corrected chi connectivity index (χ3v) is 10.3. The van der Waals surface area contributed by atoms with Crippen molar-refractivity contribution in [2.24, 2.45) is 5.41 Å². The zero-order valence-electron chi connectivity index (χ0n) is 32.3. The predicted octanol–water partition coefficient (Wildman–Crippen LogP) is 11.9. The van der Waals surface area contributed by atoms with Crippen LogP contribution in [0, 0.1) is 5.41 Å². The van der Waals surface area contributed by atoms with Crippen LogP contribution in [-0.2, 0) is 23.8 Å². The first-order chi connectivity index (χ1) is 23.8. The highest BCUT2D eigenvalue weighted by atomic mass is 16.6. The standard InChI is InChI=1S/C23H38O6.2C10H20/c1-18(2)21(25)28-17-23(12-10-8-6-5-7-9-11-13-23)16-27-15-20(14-24)29-22(26)19(3)4;2*1-2-4-6-8-10-9-7-5-3-1/h20,24H,1,3,5-17H2,2,4H3;2*1-10H2. The minimum absolute atomic E-state index is 0.0890. The van der Waals surface area contributed by atoms with Gasteiger partial charge in [0.15, 0.2) is 0 Å². The van der Waals surface area contributed by atoms with E-state index in [1.807, 2.05) is 0 Å². The summed E-state index contributed by atoms with van der Waals surface area (Å²) in [5.41, 5.74) is 0.382. The van der Waals surface area contributed by atoms with Crippen LogP contribution in [0.4, 0.5) is 0 Å². The van der Waals surface area contributed by atoms with Crippen molar-refractivity contribution < 1.29 is 28.9 Å². The average molecular weight is 691 g/mol.